The van der Waals surface area contributed by atoms with E-state index in [-0.39, 0.29) is 6.03 Å². The summed E-state index contributed by atoms with van der Waals surface area (Å²) in [4.78, 5) is 14.2. The molecular weight excluding hydrogens is 326 g/mol. The number of nitrogens with zero attached hydrogens (tertiary/aromatic N) is 3. The molecule has 138 valence electrons. The second-order valence-corrected chi connectivity index (χ2v) is 6.69. The number of piperidine rings is 1. The van der Waals surface area contributed by atoms with Gasteiger partial charge >= 0.3 is 6.03 Å². The smallest absolute Gasteiger partial charge is 0.321 e. The van der Waals surface area contributed by atoms with Crippen molar-refractivity contribution < 1.29 is 4.79 Å². The predicted molar refractivity (Wildman–Crippen MR) is 104 cm³/mol. The Morgan fingerprint density at radius 2 is 2.04 bits per heavy atom. The van der Waals surface area contributed by atoms with E-state index < -0.39 is 0 Å². The van der Waals surface area contributed by atoms with Crippen LogP contribution in [0.4, 0.5) is 10.5 Å². The van der Waals surface area contributed by atoms with Gasteiger partial charge in [-0.25, -0.2) is 4.79 Å². The number of carbonyl (C=O) groups is 1. The number of likely N-dealkylation sites (tertiary alicyclic amines) is 1. The molecule has 26 heavy (non-hydrogen) atoms. The number of hydrogen-bond donors (Lipinski definition) is 2. The zero-order valence-corrected chi connectivity index (χ0v) is 15.3. The first-order valence-electron chi connectivity index (χ1n) is 9.14. The Kier molecular flexibility index (Phi) is 6.07. The number of nitrogens with one attached hydrogen (secondary N) is 2. The lowest BCUT2D eigenvalue weighted by Crippen LogP contribution is -2.46. The highest BCUT2D eigenvalue weighted by molar-refractivity contribution is 5.89. The third kappa shape index (κ3) is 4.73. The number of anilines is 1. The van der Waals surface area contributed by atoms with Crippen molar-refractivity contribution in [3.63, 3.8) is 0 Å². The van der Waals surface area contributed by atoms with Gasteiger partial charge in [-0.3, -0.25) is 4.68 Å². The topological polar surface area (TPSA) is 62.2 Å². The average molecular weight is 353 g/mol. The summed E-state index contributed by atoms with van der Waals surface area (Å²) >= 11 is 0. The Bertz CT molecular complexity index is 732. The van der Waals surface area contributed by atoms with Crippen LogP contribution in [0, 0.1) is 6.92 Å². The molecule has 6 heteroatoms. The fourth-order valence-electron chi connectivity index (χ4n) is 3.22. The van der Waals surface area contributed by atoms with Gasteiger partial charge in [0.25, 0.3) is 0 Å². The van der Waals surface area contributed by atoms with Crippen LogP contribution in [0.3, 0.4) is 0 Å². The van der Waals surface area contributed by atoms with Gasteiger partial charge in [0.2, 0.25) is 0 Å². The maximum atomic E-state index is 12.3. The molecule has 2 amide bonds. The summed E-state index contributed by atoms with van der Waals surface area (Å²) in [6.07, 6.45) is 5.84. The lowest BCUT2D eigenvalue weighted by molar-refractivity contribution is 0.189. The van der Waals surface area contributed by atoms with E-state index in [9.17, 15) is 4.79 Å². The van der Waals surface area contributed by atoms with E-state index in [1.807, 2.05) is 52.9 Å². The van der Waals surface area contributed by atoms with Crippen molar-refractivity contribution in [1.29, 1.82) is 0 Å². The fraction of sp³-hybridized carbons (Fsp3) is 0.400. The molecule has 1 aliphatic heterocycles. The summed E-state index contributed by atoms with van der Waals surface area (Å²) in [5.74, 6) is 0. The number of amides is 2. The lowest BCUT2D eigenvalue weighted by Gasteiger charge is -2.32. The number of allylic oxidation sites excluding steroid dienone is 1. The van der Waals surface area contributed by atoms with Crippen LogP contribution >= 0.6 is 0 Å². The van der Waals surface area contributed by atoms with Crippen LogP contribution in [0.1, 0.15) is 24.1 Å². The van der Waals surface area contributed by atoms with Crippen molar-refractivity contribution in [3.8, 4) is 0 Å². The Balaban J connectivity index is 1.43. The molecular formula is C20H27N5O. The predicted octanol–water partition coefficient (Wildman–Crippen LogP) is 3.16. The van der Waals surface area contributed by atoms with Gasteiger partial charge < -0.3 is 15.5 Å². The third-order valence-corrected chi connectivity index (χ3v) is 4.75. The quantitative estimate of drug-likeness (QED) is 0.784. The first-order valence-corrected chi connectivity index (χ1v) is 9.14. The number of urea groups is 1. The summed E-state index contributed by atoms with van der Waals surface area (Å²) in [7, 11) is 0. The highest BCUT2D eigenvalue weighted by Gasteiger charge is 2.22. The molecule has 0 atom stereocenters. The summed E-state index contributed by atoms with van der Waals surface area (Å²) in [6.45, 7) is 8.86. The van der Waals surface area contributed by atoms with Crippen LogP contribution in [0.2, 0.25) is 0 Å². The molecule has 0 unspecified atom stereocenters. The SMILES string of the molecule is C=CCn1cc(CNC2CCN(C(=O)Nc3ccccc3)CC2)c(C)n1. The van der Waals surface area contributed by atoms with Gasteiger partial charge in [0.05, 0.1) is 12.2 Å². The molecule has 2 heterocycles. The van der Waals surface area contributed by atoms with Gasteiger partial charge in [-0.05, 0) is 31.9 Å². The summed E-state index contributed by atoms with van der Waals surface area (Å²) in [5, 5.41) is 11.0. The van der Waals surface area contributed by atoms with Crippen LogP contribution < -0.4 is 10.6 Å². The van der Waals surface area contributed by atoms with Crippen molar-refractivity contribution in [2.75, 3.05) is 18.4 Å². The van der Waals surface area contributed by atoms with Gasteiger partial charge in [0.1, 0.15) is 0 Å². The highest BCUT2D eigenvalue weighted by atomic mass is 16.2. The van der Waals surface area contributed by atoms with E-state index in [0.717, 1.165) is 50.4 Å². The second kappa shape index (κ2) is 8.67. The van der Waals surface area contributed by atoms with E-state index in [1.165, 1.54) is 5.56 Å². The van der Waals surface area contributed by atoms with Crippen LogP contribution in [-0.2, 0) is 13.1 Å². The Morgan fingerprint density at radius 1 is 1.31 bits per heavy atom. The molecule has 0 aliphatic carbocycles. The molecule has 2 N–H and O–H groups in total. The van der Waals surface area contributed by atoms with E-state index in [0.29, 0.717) is 6.04 Å². The molecule has 0 saturated carbocycles. The molecule has 0 radical (unpaired) electrons. The second-order valence-electron chi connectivity index (χ2n) is 6.69. The first-order chi connectivity index (χ1) is 12.7. The summed E-state index contributed by atoms with van der Waals surface area (Å²) in [5.41, 5.74) is 3.11. The molecule has 2 aromatic rings. The van der Waals surface area contributed by atoms with Crippen molar-refractivity contribution in [3.05, 3.63) is 60.4 Å². The van der Waals surface area contributed by atoms with Gasteiger partial charge in [0, 0.05) is 43.1 Å². The molecule has 1 saturated heterocycles. The van der Waals surface area contributed by atoms with Gasteiger partial charge in [-0.15, -0.1) is 6.58 Å². The summed E-state index contributed by atoms with van der Waals surface area (Å²) in [6, 6.07) is 10.0. The number of aryl methyl sites for hydroxylation is 1. The maximum absolute atomic E-state index is 12.3. The number of para-hydroxylation sites is 1. The van der Waals surface area contributed by atoms with Crippen molar-refractivity contribution in [1.82, 2.24) is 20.0 Å². The molecule has 6 nitrogen and oxygen atoms in total. The zero-order valence-electron chi connectivity index (χ0n) is 15.3. The standard InChI is InChI=1S/C20H27N5O/c1-3-11-25-15-17(16(2)23-25)14-21-18-9-12-24(13-10-18)20(26)22-19-7-5-4-6-8-19/h3-8,15,18,21H,1,9-14H2,2H3,(H,22,26). The van der Waals surface area contributed by atoms with E-state index in [2.05, 4.69) is 28.5 Å². The minimum absolute atomic E-state index is 0.0174. The van der Waals surface area contributed by atoms with E-state index in [4.69, 9.17) is 0 Å². The largest absolute Gasteiger partial charge is 0.324 e. The molecule has 1 aromatic heterocycles. The van der Waals surface area contributed by atoms with Gasteiger partial charge in [0.15, 0.2) is 0 Å². The number of aromatic nitrogens is 2. The monoisotopic (exact) mass is 353 g/mol. The van der Waals surface area contributed by atoms with Crippen molar-refractivity contribution in [2.24, 2.45) is 0 Å². The molecule has 3 rings (SSSR count). The molecule has 1 aromatic carbocycles. The van der Waals surface area contributed by atoms with E-state index in [1.54, 1.807) is 0 Å². The van der Waals surface area contributed by atoms with Crippen LogP contribution in [-0.4, -0.2) is 39.8 Å². The molecule has 1 fully saturated rings. The maximum Gasteiger partial charge on any atom is 0.321 e. The Morgan fingerprint density at radius 3 is 2.73 bits per heavy atom. The minimum Gasteiger partial charge on any atom is -0.324 e. The van der Waals surface area contributed by atoms with Crippen LogP contribution in [0.15, 0.2) is 49.2 Å². The van der Waals surface area contributed by atoms with Gasteiger partial charge in [-0.1, -0.05) is 24.3 Å². The number of carbonyl (C=O) groups excluding carboxylic acids is 1. The first kappa shape index (κ1) is 18.2. The third-order valence-electron chi connectivity index (χ3n) is 4.75. The van der Waals surface area contributed by atoms with Crippen LogP contribution in [0.5, 0.6) is 0 Å². The van der Waals surface area contributed by atoms with E-state index >= 15 is 0 Å². The van der Waals surface area contributed by atoms with Crippen molar-refractivity contribution >= 4 is 11.7 Å². The number of rotatable bonds is 6. The Hall–Kier alpha value is -2.60. The van der Waals surface area contributed by atoms with Crippen molar-refractivity contribution in [2.45, 2.75) is 38.9 Å². The number of benzene rings is 1. The molecule has 1 aliphatic rings. The lowest BCUT2D eigenvalue weighted by atomic mass is 10.0. The molecule has 0 bridgehead atoms. The average Bonchev–Trinajstić information content (AvgIpc) is 3.01. The molecule has 0 spiro atoms. The minimum atomic E-state index is -0.0174. The summed E-state index contributed by atoms with van der Waals surface area (Å²) < 4.78 is 1.91. The Labute approximate surface area is 154 Å². The number of hydrogen-bond acceptors (Lipinski definition) is 3. The fourth-order valence-corrected chi connectivity index (χ4v) is 3.22. The highest BCUT2D eigenvalue weighted by Crippen LogP contribution is 2.14. The van der Waals surface area contributed by atoms with Crippen LogP contribution in [0.25, 0.3) is 0 Å². The van der Waals surface area contributed by atoms with Gasteiger partial charge in [-0.2, -0.15) is 5.10 Å². The normalized spacial score (nSPS) is 15.0. The zero-order chi connectivity index (χ0) is 18.4.